The fraction of sp³-hybridized carbons (Fsp3) is 0.562. The van der Waals surface area contributed by atoms with Gasteiger partial charge in [0, 0.05) is 6.04 Å². The lowest BCUT2D eigenvalue weighted by Crippen LogP contribution is -2.39. The van der Waals surface area contributed by atoms with E-state index in [1.165, 1.54) is 6.07 Å². The van der Waals surface area contributed by atoms with Gasteiger partial charge in [0.05, 0.1) is 10.5 Å². The molecule has 1 fully saturated rings. The second-order valence-corrected chi connectivity index (χ2v) is 8.49. The maximum absolute atomic E-state index is 12.5. The van der Waals surface area contributed by atoms with Crippen LogP contribution in [0, 0.1) is 12.3 Å². The molecule has 0 radical (unpaired) electrons. The van der Waals surface area contributed by atoms with E-state index in [1.807, 2.05) is 6.92 Å². The molecule has 1 aromatic carbocycles. The second kappa shape index (κ2) is 6.01. The first kappa shape index (κ1) is 17.0. The molecule has 3 N–H and O–H groups in total. The Bertz CT molecular complexity index is 671. The van der Waals surface area contributed by atoms with E-state index in [2.05, 4.69) is 19.2 Å². The van der Waals surface area contributed by atoms with Crippen molar-refractivity contribution in [3.8, 4) is 0 Å². The maximum Gasteiger partial charge on any atom is 0.252 e. The van der Waals surface area contributed by atoms with Gasteiger partial charge < -0.3 is 5.32 Å². The van der Waals surface area contributed by atoms with Crippen LogP contribution in [0.3, 0.4) is 0 Å². The molecule has 1 aliphatic carbocycles. The first-order valence-electron chi connectivity index (χ1n) is 7.53. The van der Waals surface area contributed by atoms with Crippen LogP contribution in [0.4, 0.5) is 0 Å². The number of carbonyl (C=O) groups excluding carboxylic acids is 1. The number of aryl methyl sites for hydroxylation is 1. The van der Waals surface area contributed by atoms with E-state index < -0.39 is 10.0 Å². The SMILES string of the molecule is Cc1ccc(S(N)(=O)=O)c(C(=O)NC2CCC(C)(C)CC2)c1. The highest BCUT2D eigenvalue weighted by atomic mass is 32.2. The maximum atomic E-state index is 12.5. The Morgan fingerprint density at radius 1 is 1.27 bits per heavy atom. The molecule has 0 atom stereocenters. The zero-order valence-electron chi connectivity index (χ0n) is 13.3. The van der Waals surface area contributed by atoms with Crippen molar-refractivity contribution < 1.29 is 13.2 Å². The Hall–Kier alpha value is -1.40. The van der Waals surface area contributed by atoms with Gasteiger partial charge in [0.15, 0.2) is 0 Å². The molecule has 0 unspecified atom stereocenters. The molecule has 2 rings (SSSR count). The Morgan fingerprint density at radius 3 is 2.41 bits per heavy atom. The number of sulfonamides is 1. The van der Waals surface area contributed by atoms with E-state index in [-0.39, 0.29) is 22.4 Å². The number of hydrogen-bond acceptors (Lipinski definition) is 3. The molecule has 1 saturated carbocycles. The van der Waals surface area contributed by atoms with Crippen molar-refractivity contribution in [2.45, 2.75) is 57.4 Å². The highest BCUT2D eigenvalue weighted by molar-refractivity contribution is 7.89. The lowest BCUT2D eigenvalue weighted by molar-refractivity contribution is 0.0905. The molecule has 122 valence electrons. The summed E-state index contributed by atoms with van der Waals surface area (Å²) in [4.78, 5) is 12.3. The number of primary sulfonamides is 1. The molecule has 0 bridgehead atoms. The molecule has 0 spiro atoms. The first-order valence-corrected chi connectivity index (χ1v) is 9.07. The van der Waals surface area contributed by atoms with Crippen molar-refractivity contribution in [2.75, 3.05) is 0 Å². The van der Waals surface area contributed by atoms with E-state index in [4.69, 9.17) is 5.14 Å². The normalized spacial score (nSPS) is 18.9. The Morgan fingerprint density at radius 2 is 1.86 bits per heavy atom. The van der Waals surface area contributed by atoms with E-state index in [1.54, 1.807) is 12.1 Å². The first-order chi connectivity index (χ1) is 10.1. The van der Waals surface area contributed by atoms with Crippen LogP contribution in [0.2, 0.25) is 0 Å². The zero-order valence-corrected chi connectivity index (χ0v) is 14.2. The van der Waals surface area contributed by atoms with Crippen molar-refractivity contribution in [1.82, 2.24) is 5.32 Å². The number of carbonyl (C=O) groups is 1. The number of nitrogens with two attached hydrogens (primary N) is 1. The van der Waals surface area contributed by atoms with Gasteiger partial charge in [0.1, 0.15) is 0 Å². The average Bonchev–Trinajstić information content (AvgIpc) is 2.39. The second-order valence-electron chi connectivity index (χ2n) is 6.96. The van der Waals surface area contributed by atoms with Gasteiger partial charge in [-0.05, 0) is 50.2 Å². The smallest absolute Gasteiger partial charge is 0.252 e. The topological polar surface area (TPSA) is 89.3 Å². The van der Waals surface area contributed by atoms with Gasteiger partial charge in [0.2, 0.25) is 10.0 Å². The number of rotatable bonds is 3. The van der Waals surface area contributed by atoms with Crippen molar-refractivity contribution in [2.24, 2.45) is 10.6 Å². The molecule has 5 nitrogen and oxygen atoms in total. The van der Waals surface area contributed by atoms with Gasteiger partial charge in [-0.3, -0.25) is 4.79 Å². The quantitative estimate of drug-likeness (QED) is 0.894. The summed E-state index contributed by atoms with van der Waals surface area (Å²) in [5.74, 6) is -0.363. The van der Waals surface area contributed by atoms with Crippen LogP contribution in [0.25, 0.3) is 0 Å². The van der Waals surface area contributed by atoms with Crippen LogP contribution in [-0.4, -0.2) is 20.4 Å². The van der Waals surface area contributed by atoms with Crippen LogP contribution >= 0.6 is 0 Å². The lowest BCUT2D eigenvalue weighted by Gasteiger charge is -2.34. The monoisotopic (exact) mass is 324 g/mol. The molecule has 0 aromatic heterocycles. The van der Waals surface area contributed by atoms with Gasteiger partial charge in [0.25, 0.3) is 5.91 Å². The molecular formula is C16H24N2O3S. The number of nitrogens with one attached hydrogen (secondary N) is 1. The predicted molar refractivity (Wildman–Crippen MR) is 86.1 cm³/mol. The minimum absolute atomic E-state index is 0.0920. The van der Waals surface area contributed by atoms with Crippen LogP contribution in [0.1, 0.15) is 55.5 Å². The fourth-order valence-electron chi connectivity index (χ4n) is 2.88. The summed E-state index contributed by atoms with van der Waals surface area (Å²) in [6.45, 7) is 6.27. The number of amides is 1. The number of hydrogen-bond donors (Lipinski definition) is 2. The molecule has 1 amide bonds. The van der Waals surface area contributed by atoms with E-state index in [0.717, 1.165) is 31.2 Å². The van der Waals surface area contributed by atoms with Crippen LogP contribution in [0.15, 0.2) is 23.1 Å². The van der Waals surface area contributed by atoms with Gasteiger partial charge in [-0.1, -0.05) is 25.5 Å². The van der Waals surface area contributed by atoms with Crippen molar-refractivity contribution in [1.29, 1.82) is 0 Å². The van der Waals surface area contributed by atoms with E-state index in [0.29, 0.717) is 5.41 Å². The van der Waals surface area contributed by atoms with Gasteiger partial charge in [-0.2, -0.15) is 0 Å². The third-order valence-electron chi connectivity index (χ3n) is 4.36. The van der Waals surface area contributed by atoms with Crippen molar-refractivity contribution in [3.05, 3.63) is 29.3 Å². The largest absolute Gasteiger partial charge is 0.349 e. The van der Waals surface area contributed by atoms with Gasteiger partial charge >= 0.3 is 0 Å². The Balaban J connectivity index is 2.18. The van der Waals surface area contributed by atoms with E-state index >= 15 is 0 Å². The number of benzene rings is 1. The summed E-state index contributed by atoms with van der Waals surface area (Å²) in [5.41, 5.74) is 1.27. The molecule has 22 heavy (non-hydrogen) atoms. The van der Waals surface area contributed by atoms with Crippen molar-refractivity contribution in [3.63, 3.8) is 0 Å². The molecule has 0 heterocycles. The molecular weight excluding hydrogens is 300 g/mol. The summed E-state index contributed by atoms with van der Waals surface area (Å²) < 4.78 is 23.3. The summed E-state index contributed by atoms with van der Waals surface area (Å²) in [6, 6.07) is 4.69. The summed E-state index contributed by atoms with van der Waals surface area (Å²) in [5, 5.41) is 8.16. The zero-order chi connectivity index (χ0) is 16.5. The summed E-state index contributed by atoms with van der Waals surface area (Å²) >= 11 is 0. The average molecular weight is 324 g/mol. The third kappa shape index (κ3) is 4.08. The Labute approximate surface area is 132 Å². The minimum atomic E-state index is -3.92. The third-order valence-corrected chi connectivity index (χ3v) is 5.33. The fourth-order valence-corrected chi connectivity index (χ4v) is 3.59. The minimum Gasteiger partial charge on any atom is -0.349 e. The predicted octanol–water partition coefficient (Wildman–Crippen LogP) is 2.34. The van der Waals surface area contributed by atoms with E-state index in [9.17, 15) is 13.2 Å². The van der Waals surface area contributed by atoms with Gasteiger partial charge in [-0.15, -0.1) is 0 Å². The molecule has 1 aromatic rings. The highest BCUT2D eigenvalue weighted by Crippen LogP contribution is 2.35. The molecule has 6 heteroatoms. The Kier molecular flexibility index (Phi) is 4.63. The van der Waals surface area contributed by atoms with Crippen LogP contribution in [-0.2, 0) is 10.0 Å². The summed E-state index contributed by atoms with van der Waals surface area (Å²) in [7, 11) is -3.92. The standard InChI is InChI=1S/C16H24N2O3S/c1-11-4-5-14(22(17,20)21)13(10-11)15(19)18-12-6-8-16(2,3)9-7-12/h4-5,10,12H,6-9H2,1-3H3,(H,18,19)(H2,17,20,21). The highest BCUT2D eigenvalue weighted by Gasteiger charge is 2.28. The summed E-state index contributed by atoms with van der Waals surface area (Å²) in [6.07, 6.45) is 3.92. The van der Waals surface area contributed by atoms with Crippen LogP contribution in [0.5, 0.6) is 0 Å². The van der Waals surface area contributed by atoms with Crippen LogP contribution < -0.4 is 10.5 Å². The molecule has 0 aliphatic heterocycles. The van der Waals surface area contributed by atoms with Crippen molar-refractivity contribution >= 4 is 15.9 Å². The lowest BCUT2D eigenvalue weighted by atomic mass is 9.75. The van der Waals surface area contributed by atoms with Gasteiger partial charge in [-0.25, -0.2) is 13.6 Å². The molecule has 1 aliphatic rings. The molecule has 0 saturated heterocycles.